The summed E-state index contributed by atoms with van der Waals surface area (Å²) >= 11 is 0. The van der Waals surface area contributed by atoms with E-state index in [2.05, 4.69) is 24.4 Å². The average Bonchev–Trinajstić information content (AvgIpc) is 2.53. The van der Waals surface area contributed by atoms with Crippen molar-refractivity contribution >= 4 is 11.6 Å². The number of benzene rings is 1. The normalized spacial score (nSPS) is 18.4. The van der Waals surface area contributed by atoms with E-state index in [-0.39, 0.29) is 11.8 Å². The highest BCUT2D eigenvalue weighted by molar-refractivity contribution is 6.03. The Morgan fingerprint density at radius 2 is 2.19 bits per heavy atom. The number of amides is 1. The molecule has 1 aliphatic heterocycles. The van der Waals surface area contributed by atoms with Crippen LogP contribution in [0, 0.1) is 6.92 Å². The lowest BCUT2D eigenvalue weighted by atomic mass is 9.96. The van der Waals surface area contributed by atoms with Crippen molar-refractivity contribution in [3.05, 3.63) is 28.8 Å². The van der Waals surface area contributed by atoms with Gasteiger partial charge in [0.1, 0.15) is 0 Å². The lowest BCUT2D eigenvalue weighted by Crippen LogP contribution is -2.09. The molecule has 0 aliphatic carbocycles. The third kappa shape index (κ3) is 1.83. The van der Waals surface area contributed by atoms with Crippen LogP contribution in [-0.2, 0) is 11.2 Å². The maximum absolute atomic E-state index is 11.6. The van der Waals surface area contributed by atoms with Gasteiger partial charge in [0.05, 0.1) is 5.92 Å². The van der Waals surface area contributed by atoms with Gasteiger partial charge in [-0.05, 0) is 44.4 Å². The highest BCUT2D eigenvalue weighted by atomic mass is 16.2. The molecular formula is C13H18N2O. The number of carbonyl (C=O) groups excluding carboxylic acids is 1. The summed E-state index contributed by atoms with van der Waals surface area (Å²) < 4.78 is 0. The molecule has 1 heterocycles. The van der Waals surface area contributed by atoms with Gasteiger partial charge in [0.15, 0.2) is 0 Å². The number of rotatable bonds is 3. The van der Waals surface area contributed by atoms with Crippen LogP contribution in [0.15, 0.2) is 12.1 Å². The van der Waals surface area contributed by atoms with Gasteiger partial charge in [0, 0.05) is 5.69 Å². The van der Waals surface area contributed by atoms with Gasteiger partial charge >= 0.3 is 0 Å². The average molecular weight is 218 g/mol. The zero-order valence-corrected chi connectivity index (χ0v) is 9.84. The van der Waals surface area contributed by atoms with E-state index in [0.717, 1.165) is 24.1 Å². The maximum atomic E-state index is 11.6. The Morgan fingerprint density at radius 1 is 1.44 bits per heavy atom. The number of hydrogen-bond donors (Lipinski definition) is 2. The van der Waals surface area contributed by atoms with Crippen LogP contribution in [0.4, 0.5) is 5.69 Å². The van der Waals surface area contributed by atoms with Crippen LogP contribution in [0.5, 0.6) is 0 Å². The Balaban J connectivity index is 2.40. The van der Waals surface area contributed by atoms with Gasteiger partial charge in [-0.3, -0.25) is 4.79 Å². The van der Waals surface area contributed by atoms with E-state index in [9.17, 15) is 4.79 Å². The van der Waals surface area contributed by atoms with Crippen LogP contribution in [0.3, 0.4) is 0 Å². The van der Waals surface area contributed by atoms with Gasteiger partial charge < -0.3 is 11.1 Å². The van der Waals surface area contributed by atoms with Gasteiger partial charge in [-0.1, -0.05) is 17.7 Å². The van der Waals surface area contributed by atoms with Crippen molar-refractivity contribution in [3.8, 4) is 0 Å². The monoisotopic (exact) mass is 218 g/mol. The molecule has 1 aliphatic rings. The van der Waals surface area contributed by atoms with Gasteiger partial charge in [-0.2, -0.15) is 0 Å². The quantitative estimate of drug-likeness (QED) is 0.814. The molecule has 3 heteroatoms. The number of nitrogens with two attached hydrogens (primary N) is 1. The number of fused-ring (bicyclic) bond motifs is 1. The van der Waals surface area contributed by atoms with E-state index in [1.807, 2.05) is 6.92 Å². The Labute approximate surface area is 96.0 Å². The predicted octanol–water partition coefficient (Wildman–Crippen LogP) is 1.94. The molecule has 0 bridgehead atoms. The first-order chi connectivity index (χ1) is 7.63. The number of anilines is 1. The molecule has 2 rings (SSSR count). The molecule has 0 fully saturated rings. The Morgan fingerprint density at radius 3 is 2.88 bits per heavy atom. The van der Waals surface area contributed by atoms with Crippen LogP contribution in [0.1, 0.15) is 36.0 Å². The molecule has 1 aromatic rings. The van der Waals surface area contributed by atoms with Crippen molar-refractivity contribution in [1.82, 2.24) is 0 Å². The molecule has 86 valence electrons. The molecular weight excluding hydrogens is 200 g/mol. The van der Waals surface area contributed by atoms with E-state index in [1.54, 1.807) is 0 Å². The van der Waals surface area contributed by atoms with Crippen molar-refractivity contribution in [2.45, 2.75) is 32.6 Å². The molecule has 0 aromatic heterocycles. The molecule has 0 radical (unpaired) electrons. The standard InChI is InChI=1S/C13H18N2O/c1-8-6-10(4-3-5-14)12-11(7-8)9(2)13(16)15-12/h6-7,9H,3-5,14H2,1-2H3,(H,15,16). The van der Waals surface area contributed by atoms with E-state index in [4.69, 9.17) is 5.73 Å². The van der Waals surface area contributed by atoms with Crippen LogP contribution >= 0.6 is 0 Å². The first-order valence-corrected chi connectivity index (χ1v) is 5.78. The minimum absolute atomic E-state index is 0.0217. The zero-order valence-electron chi connectivity index (χ0n) is 9.84. The van der Waals surface area contributed by atoms with Crippen LogP contribution < -0.4 is 11.1 Å². The minimum Gasteiger partial charge on any atom is -0.330 e. The maximum Gasteiger partial charge on any atom is 0.231 e. The van der Waals surface area contributed by atoms with E-state index < -0.39 is 0 Å². The third-order valence-corrected chi connectivity index (χ3v) is 3.15. The molecule has 1 atom stereocenters. The molecule has 1 unspecified atom stereocenters. The fourth-order valence-corrected chi connectivity index (χ4v) is 2.25. The van der Waals surface area contributed by atoms with Gasteiger partial charge in [0.25, 0.3) is 0 Å². The van der Waals surface area contributed by atoms with Crippen molar-refractivity contribution in [2.24, 2.45) is 5.73 Å². The first-order valence-electron chi connectivity index (χ1n) is 5.78. The lowest BCUT2D eigenvalue weighted by molar-refractivity contribution is -0.116. The molecule has 3 N–H and O–H groups in total. The topological polar surface area (TPSA) is 55.1 Å². The molecule has 1 amide bonds. The molecule has 0 saturated carbocycles. The van der Waals surface area contributed by atoms with Crippen molar-refractivity contribution < 1.29 is 4.79 Å². The first kappa shape index (κ1) is 11.1. The predicted molar refractivity (Wildman–Crippen MR) is 65.6 cm³/mol. The summed E-state index contributed by atoms with van der Waals surface area (Å²) in [6, 6.07) is 4.25. The second kappa shape index (κ2) is 4.26. The molecule has 0 saturated heterocycles. The van der Waals surface area contributed by atoms with Crippen molar-refractivity contribution in [2.75, 3.05) is 11.9 Å². The Kier molecular flexibility index (Phi) is 2.97. The minimum atomic E-state index is -0.0217. The Hall–Kier alpha value is -1.35. The van der Waals surface area contributed by atoms with E-state index in [0.29, 0.717) is 6.54 Å². The summed E-state index contributed by atoms with van der Waals surface area (Å²) in [5.74, 6) is 0.0844. The number of carbonyl (C=O) groups is 1. The van der Waals surface area contributed by atoms with E-state index in [1.165, 1.54) is 11.1 Å². The van der Waals surface area contributed by atoms with E-state index >= 15 is 0 Å². The van der Waals surface area contributed by atoms with Crippen LogP contribution in [-0.4, -0.2) is 12.5 Å². The second-order valence-corrected chi connectivity index (χ2v) is 4.49. The van der Waals surface area contributed by atoms with Gasteiger partial charge in [-0.25, -0.2) is 0 Å². The second-order valence-electron chi connectivity index (χ2n) is 4.49. The molecule has 0 spiro atoms. The number of nitrogens with one attached hydrogen (secondary N) is 1. The highest BCUT2D eigenvalue weighted by Gasteiger charge is 2.28. The Bertz CT molecular complexity index is 426. The number of aryl methyl sites for hydroxylation is 2. The molecule has 3 nitrogen and oxygen atoms in total. The molecule has 16 heavy (non-hydrogen) atoms. The van der Waals surface area contributed by atoms with Gasteiger partial charge in [-0.15, -0.1) is 0 Å². The van der Waals surface area contributed by atoms with Crippen LogP contribution in [0.2, 0.25) is 0 Å². The molecule has 1 aromatic carbocycles. The summed E-state index contributed by atoms with van der Waals surface area (Å²) in [6.45, 7) is 4.71. The summed E-state index contributed by atoms with van der Waals surface area (Å²) in [4.78, 5) is 11.6. The number of hydrogen-bond acceptors (Lipinski definition) is 2. The summed E-state index contributed by atoms with van der Waals surface area (Å²) in [5, 5.41) is 2.97. The van der Waals surface area contributed by atoms with Crippen LogP contribution in [0.25, 0.3) is 0 Å². The highest BCUT2D eigenvalue weighted by Crippen LogP contribution is 2.36. The fourth-order valence-electron chi connectivity index (χ4n) is 2.25. The largest absolute Gasteiger partial charge is 0.330 e. The zero-order chi connectivity index (χ0) is 11.7. The van der Waals surface area contributed by atoms with Gasteiger partial charge in [0.2, 0.25) is 5.91 Å². The summed E-state index contributed by atoms with van der Waals surface area (Å²) in [5.41, 5.74) is 10.1. The van der Waals surface area contributed by atoms with Crippen molar-refractivity contribution in [3.63, 3.8) is 0 Å². The lowest BCUT2D eigenvalue weighted by Gasteiger charge is -2.09. The summed E-state index contributed by atoms with van der Waals surface area (Å²) in [6.07, 6.45) is 1.90. The smallest absolute Gasteiger partial charge is 0.231 e. The third-order valence-electron chi connectivity index (χ3n) is 3.15. The summed E-state index contributed by atoms with van der Waals surface area (Å²) in [7, 11) is 0. The fraction of sp³-hybridized carbons (Fsp3) is 0.462. The SMILES string of the molecule is Cc1cc(CCCN)c2c(c1)C(C)C(=O)N2. The van der Waals surface area contributed by atoms with Crippen molar-refractivity contribution in [1.29, 1.82) is 0 Å².